The molecule has 11 heteroatoms. The van der Waals surface area contributed by atoms with E-state index in [9.17, 15) is 22.8 Å². The van der Waals surface area contributed by atoms with Gasteiger partial charge in [0.25, 0.3) is 0 Å². The molecule has 3 heterocycles. The summed E-state index contributed by atoms with van der Waals surface area (Å²) in [5.41, 5.74) is 0.264. The molecule has 1 aromatic carbocycles. The molecule has 2 N–H and O–H groups in total. The summed E-state index contributed by atoms with van der Waals surface area (Å²) < 4.78 is 49.4. The van der Waals surface area contributed by atoms with E-state index < -0.39 is 17.8 Å². The summed E-state index contributed by atoms with van der Waals surface area (Å²) in [4.78, 5) is 29.7. The number of ether oxygens (including phenoxy) is 2. The zero-order valence-electron chi connectivity index (χ0n) is 16.5. The Kier molecular flexibility index (Phi) is 5.34. The van der Waals surface area contributed by atoms with E-state index in [-0.39, 0.29) is 24.4 Å². The van der Waals surface area contributed by atoms with Gasteiger partial charge < -0.3 is 25.0 Å². The van der Waals surface area contributed by atoms with Crippen LogP contribution in [0.15, 0.2) is 30.5 Å². The van der Waals surface area contributed by atoms with Gasteiger partial charge in [0, 0.05) is 43.4 Å². The van der Waals surface area contributed by atoms with E-state index in [1.165, 1.54) is 11.0 Å². The van der Waals surface area contributed by atoms with Crippen molar-refractivity contribution >= 4 is 17.6 Å². The standard InChI is InChI=1S/C20H19F3N4O4/c1-2-27-15(10-25-19(27)29)18(28)26-14-8-13(7-11-5-6-30-17(11)14)31-16-4-3-12(9-24-16)20(21,22)23/h3-4,7-9,15H,2,5-6,10H2,1H3,(H,25,29)(H,26,28). The van der Waals surface area contributed by atoms with Crippen molar-refractivity contribution in [2.45, 2.75) is 25.6 Å². The van der Waals surface area contributed by atoms with E-state index in [0.717, 1.165) is 17.7 Å². The Morgan fingerprint density at radius 1 is 1.39 bits per heavy atom. The third-order valence-corrected chi connectivity index (χ3v) is 5.03. The second kappa shape index (κ2) is 7.97. The second-order valence-corrected chi connectivity index (χ2v) is 7.02. The number of rotatable bonds is 5. The molecule has 0 bridgehead atoms. The lowest BCUT2D eigenvalue weighted by atomic mass is 10.1. The number of fused-ring (bicyclic) bond motifs is 1. The summed E-state index contributed by atoms with van der Waals surface area (Å²) in [6.07, 6.45) is -3.21. The SMILES string of the molecule is CCN1C(=O)NCC1C(=O)Nc1cc(Oc2ccc(C(F)(F)F)cn2)cc2c1OCC2. The predicted molar refractivity (Wildman–Crippen MR) is 103 cm³/mol. The van der Waals surface area contributed by atoms with Gasteiger partial charge in [0.1, 0.15) is 17.5 Å². The predicted octanol–water partition coefficient (Wildman–Crippen LogP) is 3.18. The average molecular weight is 436 g/mol. The van der Waals surface area contributed by atoms with Crippen LogP contribution in [0.4, 0.5) is 23.7 Å². The number of hydrogen-bond acceptors (Lipinski definition) is 5. The van der Waals surface area contributed by atoms with E-state index in [1.54, 1.807) is 13.0 Å². The van der Waals surface area contributed by atoms with Gasteiger partial charge in [-0.25, -0.2) is 9.78 Å². The van der Waals surface area contributed by atoms with Gasteiger partial charge in [-0.15, -0.1) is 0 Å². The number of urea groups is 1. The zero-order valence-corrected chi connectivity index (χ0v) is 16.5. The van der Waals surface area contributed by atoms with Crippen LogP contribution >= 0.6 is 0 Å². The number of nitrogens with zero attached hydrogens (tertiary/aromatic N) is 2. The number of carbonyl (C=O) groups is 2. The molecule has 0 aliphatic carbocycles. The molecule has 1 fully saturated rings. The van der Waals surface area contributed by atoms with Gasteiger partial charge in [-0.3, -0.25) is 4.79 Å². The van der Waals surface area contributed by atoms with Crippen molar-refractivity contribution in [3.05, 3.63) is 41.6 Å². The Balaban J connectivity index is 1.55. The van der Waals surface area contributed by atoms with E-state index in [2.05, 4.69) is 15.6 Å². The molecule has 1 saturated heterocycles. The van der Waals surface area contributed by atoms with Crippen molar-refractivity contribution in [3.8, 4) is 17.4 Å². The Bertz CT molecular complexity index is 1010. The maximum Gasteiger partial charge on any atom is 0.417 e. The number of aromatic nitrogens is 1. The Hall–Kier alpha value is -3.50. The first-order valence-electron chi connectivity index (χ1n) is 9.62. The quantitative estimate of drug-likeness (QED) is 0.751. The normalized spacial score (nSPS) is 17.7. The van der Waals surface area contributed by atoms with Crippen molar-refractivity contribution < 1.29 is 32.2 Å². The average Bonchev–Trinajstić information content (AvgIpc) is 3.34. The number of alkyl halides is 3. The molecule has 2 aromatic rings. The van der Waals surface area contributed by atoms with Gasteiger partial charge in [0.15, 0.2) is 0 Å². The summed E-state index contributed by atoms with van der Waals surface area (Å²) in [5.74, 6) is 0.385. The third kappa shape index (κ3) is 4.21. The summed E-state index contributed by atoms with van der Waals surface area (Å²) in [6, 6.07) is 4.23. The van der Waals surface area contributed by atoms with Crippen LogP contribution in [0, 0.1) is 0 Å². The number of pyridine rings is 1. The minimum Gasteiger partial charge on any atom is -0.491 e. The number of halogens is 3. The molecular weight excluding hydrogens is 417 g/mol. The van der Waals surface area contributed by atoms with Crippen LogP contribution in [-0.2, 0) is 17.4 Å². The van der Waals surface area contributed by atoms with Crippen LogP contribution < -0.4 is 20.1 Å². The maximum atomic E-state index is 12.8. The summed E-state index contributed by atoms with van der Waals surface area (Å²) in [5, 5.41) is 5.41. The molecule has 0 radical (unpaired) electrons. The minimum absolute atomic E-state index is 0.0214. The highest BCUT2D eigenvalue weighted by atomic mass is 19.4. The van der Waals surface area contributed by atoms with Crippen LogP contribution in [0.1, 0.15) is 18.1 Å². The molecule has 0 spiro atoms. The minimum atomic E-state index is -4.49. The van der Waals surface area contributed by atoms with E-state index in [4.69, 9.17) is 9.47 Å². The van der Waals surface area contributed by atoms with E-state index >= 15 is 0 Å². The van der Waals surface area contributed by atoms with Gasteiger partial charge in [-0.2, -0.15) is 13.2 Å². The van der Waals surface area contributed by atoms with Crippen molar-refractivity contribution in [2.75, 3.05) is 25.0 Å². The maximum absolute atomic E-state index is 12.8. The fourth-order valence-corrected chi connectivity index (χ4v) is 3.51. The molecular formula is C20H19F3N4O4. The molecule has 8 nitrogen and oxygen atoms in total. The number of benzene rings is 1. The molecule has 2 aliphatic rings. The van der Waals surface area contributed by atoms with Crippen LogP contribution in [0.5, 0.6) is 17.4 Å². The monoisotopic (exact) mass is 436 g/mol. The first-order valence-corrected chi connectivity index (χ1v) is 9.62. The number of anilines is 1. The molecule has 164 valence electrons. The fraction of sp³-hybridized carbons (Fsp3) is 0.350. The molecule has 1 atom stereocenters. The highest BCUT2D eigenvalue weighted by Gasteiger charge is 2.35. The van der Waals surface area contributed by atoms with Gasteiger partial charge in [-0.1, -0.05) is 0 Å². The third-order valence-electron chi connectivity index (χ3n) is 5.03. The Morgan fingerprint density at radius 3 is 2.87 bits per heavy atom. The van der Waals surface area contributed by atoms with Crippen molar-refractivity contribution in [1.82, 2.24) is 15.2 Å². The summed E-state index contributed by atoms with van der Waals surface area (Å²) in [7, 11) is 0. The first kappa shape index (κ1) is 20.8. The van der Waals surface area contributed by atoms with Crippen molar-refractivity contribution in [2.24, 2.45) is 0 Å². The summed E-state index contributed by atoms with van der Waals surface area (Å²) in [6.45, 7) is 2.76. The van der Waals surface area contributed by atoms with Crippen LogP contribution in [0.3, 0.4) is 0 Å². The molecule has 1 unspecified atom stereocenters. The Labute approximate surface area is 175 Å². The topological polar surface area (TPSA) is 92.8 Å². The number of amides is 3. The molecule has 2 aliphatic heterocycles. The van der Waals surface area contributed by atoms with Gasteiger partial charge in [-0.05, 0) is 19.1 Å². The molecule has 0 saturated carbocycles. The highest BCUT2D eigenvalue weighted by molar-refractivity contribution is 6.00. The van der Waals surface area contributed by atoms with Gasteiger partial charge >= 0.3 is 12.2 Å². The Morgan fingerprint density at radius 2 is 2.19 bits per heavy atom. The number of likely N-dealkylation sites (N-methyl/N-ethyl adjacent to an activating group) is 1. The van der Waals surface area contributed by atoms with E-state index in [0.29, 0.717) is 43.0 Å². The fourth-order valence-electron chi connectivity index (χ4n) is 3.51. The largest absolute Gasteiger partial charge is 0.491 e. The van der Waals surface area contributed by atoms with Crippen LogP contribution in [0.2, 0.25) is 0 Å². The van der Waals surface area contributed by atoms with Crippen molar-refractivity contribution in [3.63, 3.8) is 0 Å². The number of nitrogens with one attached hydrogen (secondary N) is 2. The van der Waals surface area contributed by atoms with Gasteiger partial charge in [0.2, 0.25) is 11.8 Å². The van der Waals surface area contributed by atoms with E-state index in [1.807, 2.05) is 0 Å². The lowest BCUT2D eigenvalue weighted by molar-refractivity contribution is -0.137. The first-order chi connectivity index (χ1) is 14.8. The van der Waals surface area contributed by atoms with Gasteiger partial charge in [0.05, 0.1) is 17.9 Å². The lowest BCUT2D eigenvalue weighted by Gasteiger charge is -2.21. The number of hydrogen-bond donors (Lipinski definition) is 2. The van der Waals surface area contributed by atoms with Crippen LogP contribution in [0.25, 0.3) is 0 Å². The smallest absolute Gasteiger partial charge is 0.417 e. The lowest BCUT2D eigenvalue weighted by Crippen LogP contribution is -2.42. The summed E-state index contributed by atoms with van der Waals surface area (Å²) >= 11 is 0. The number of carbonyl (C=O) groups excluding carboxylic acids is 2. The van der Waals surface area contributed by atoms with Crippen molar-refractivity contribution in [1.29, 1.82) is 0 Å². The second-order valence-electron chi connectivity index (χ2n) is 7.02. The molecule has 3 amide bonds. The molecule has 4 rings (SSSR count). The highest BCUT2D eigenvalue weighted by Crippen LogP contribution is 2.39. The molecule has 31 heavy (non-hydrogen) atoms. The van der Waals surface area contributed by atoms with Crippen LogP contribution in [-0.4, -0.2) is 47.6 Å². The molecule has 1 aromatic heterocycles. The zero-order chi connectivity index (χ0) is 22.2.